The summed E-state index contributed by atoms with van der Waals surface area (Å²) in [7, 11) is 0. The third-order valence-corrected chi connectivity index (χ3v) is 4.54. The number of amides is 1. The second-order valence-electron chi connectivity index (χ2n) is 3.99. The quantitative estimate of drug-likeness (QED) is 0.516. The third-order valence-electron chi connectivity index (χ3n) is 2.39. The van der Waals surface area contributed by atoms with Crippen LogP contribution in [0.25, 0.3) is 0 Å². The summed E-state index contributed by atoms with van der Waals surface area (Å²) in [5.41, 5.74) is 0. The predicted octanol–water partition coefficient (Wildman–Crippen LogP) is 3.77. The van der Waals surface area contributed by atoms with E-state index < -0.39 is 0 Å². The van der Waals surface area contributed by atoms with E-state index in [1.165, 1.54) is 11.3 Å². The molecule has 1 heterocycles. The maximum Gasteiger partial charge on any atom is 0.265 e. The van der Waals surface area contributed by atoms with Crippen LogP contribution < -0.4 is 0 Å². The van der Waals surface area contributed by atoms with Gasteiger partial charge in [0.15, 0.2) is 0 Å². The van der Waals surface area contributed by atoms with Gasteiger partial charge in [-0.3, -0.25) is 4.79 Å². The Morgan fingerprint density at radius 2 is 2.22 bits per heavy atom. The van der Waals surface area contributed by atoms with Gasteiger partial charge in [0, 0.05) is 22.4 Å². The molecule has 1 aromatic heterocycles. The maximum absolute atomic E-state index is 12.4. The standard InChI is InChI=1S/C12H17Br2NO2S/c1-9(2)15(5-7-17-6-4-13)12(16)11-10(14)3-8-18-11/h3,8-9H,4-7H2,1-2H3. The summed E-state index contributed by atoms with van der Waals surface area (Å²) in [6, 6.07) is 2.07. The molecule has 0 bridgehead atoms. The van der Waals surface area contributed by atoms with Crippen molar-refractivity contribution in [2.45, 2.75) is 19.9 Å². The first-order chi connectivity index (χ1) is 8.57. The Morgan fingerprint density at radius 1 is 1.50 bits per heavy atom. The molecule has 1 aromatic rings. The van der Waals surface area contributed by atoms with Crippen molar-refractivity contribution in [1.82, 2.24) is 4.90 Å². The van der Waals surface area contributed by atoms with Crippen molar-refractivity contribution in [3.05, 3.63) is 20.8 Å². The van der Waals surface area contributed by atoms with Crippen LogP contribution in [-0.2, 0) is 4.74 Å². The fourth-order valence-electron chi connectivity index (χ4n) is 1.49. The first kappa shape index (κ1) is 16.1. The van der Waals surface area contributed by atoms with Crippen LogP contribution in [0.1, 0.15) is 23.5 Å². The van der Waals surface area contributed by atoms with Gasteiger partial charge < -0.3 is 9.64 Å². The fraction of sp³-hybridized carbons (Fsp3) is 0.583. The molecule has 0 aliphatic heterocycles. The largest absolute Gasteiger partial charge is 0.379 e. The van der Waals surface area contributed by atoms with Crippen LogP contribution in [0.4, 0.5) is 0 Å². The number of halogens is 2. The molecule has 0 aliphatic rings. The van der Waals surface area contributed by atoms with Crippen molar-refractivity contribution in [3.8, 4) is 0 Å². The Hall–Kier alpha value is 0.0900. The molecule has 0 radical (unpaired) electrons. The van der Waals surface area contributed by atoms with Crippen molar-refractivity contribution in [2.75, 3.05) is 25.1 Å². The summed E-state index contributed by atoms with van der Waals surface area (Å²) < 4.78 is 6.28. The number of rotatable bonds is 7. The van der Waals surface area contributed by atoms with Crippen LogP contribution >= 0.6 is 43.2 Å². The molecule has 102 valence electrons. The lowest BCUT2D eigenvalue weighted by atomic mass is 10.3. The lowest BCUT2D eigenvalue weighted by Crippen LogP contribution is -2.39. The van der Waals surface area contributed by atoms with Gasteiger partial charge in [0.05, 0.1) is 13.2 Å². The summed E-state index contributed by atoms with van der Waals surface area (Å²) in [6.45, 7) is 5.89. The van der Waals surface area contributed by atoms with Gasteiger partial charge in [-0.05, 0) is 41.2 Å². The van der Waals surface area contributed by atoms with Crippen molar-refractivity contribution in [1.29, 1.82) is 0 Å². The fourth-order valence-corrected chi connectivity index (χ4v) is 3.22. The number of carbonyl (C=O) groups excluding carboxylic acids is 1. The lowest BCUT2D eigenvalue weighted by molar-refractivity contribution is 0.0601. The van der Waals surface area contributed by atoms with Crippen LogP contribution in [0.15, 0.2) is 15.9 Å². The zero-order valence-corrected chi connectivity index (χ0v) is 14.5. The number of alkyl halides is 1. The van der Waals surface area contributed by atoms with E-state index in [1.807, 2.05) is 30.2 Å². The van der Waals surface area contributed by atoms with Gasteiger partial charge in [0.25, 0.3) is 5.91 Å². The predicted molar refractivity (Wildman–Crippen MR) is 82.8 cm³/mol. The Bertz CT molecular complexity index is 382. The van der Waals surface area contributed by atoms with Gasteiger partial charge >= 0.3 is 0 Å². The molecule has 0 N–H and O–H groups in total. The highest BCUT2D eigenvalue weighted by molar-refractivity contribution is 9.10. The van der Waals surface area contributed by atoms with Gasteiger partial charge in [-0.15, -0.1) is 11.3 Å². The van der Waals surface area contributed by atoms with E-state index in [0.717, 1.165) is 14.7 Å². The van der Waals surface area contributed by atoms with Gasteiger partial charge in [-0.25, -0.2) is 0 Å². The van der Waals surface area contributed by atoms with Crippen molar-refractivity contribution < 1.29 is 9.53 Å². The average Bonchev–Trinajstić information content (AvgIpc) is 2.74. The minimum atomic E-state index is 0.0642. The summed E-state index contributed by atoms with van der Waals surface area (Å²) in [5, 5.41) is 2.73. The maximum atomic E-state index is 12.4. The Balaban J connectivity index is 2.62. The molecule has 18 heavy (non-hydrogen) atoms. The van der Waals surface area contributed by atoms with Crippen molar-refractivity contribution >= 4 is 49.1 Å². The minimum absolute atomic E-state index is 0.0642. The van der Waals surface area contributed by atoms with Gasteiger partial charge in [-0.2, -0.15) is 0 Å². The van der Waals surface area contributed by atoms with Crippen molar-refractivity contribution in [2.24, 2.45) is 0 Å². The highest BCUT2D eigenvalue weighted by atomic mass is 79.9. The molecule has 0 spiro atoms. The summed E-state index contributed by atoms with van der Waals surface area (Å²) in [6.07, 6.45) is 0. The molecule has 6 heteroatoms. The second kappa shape index (κ2) is 8.30. The molecule has 0 atom stereocenters. The Labute approximate surface area is 129 Å². The van der Waals surface area contributed by atoms with Crippen LogP contribution in [-0.4, -0.2) is 41.9 Å². The smallest absolute Gasteiger partial charge is 0.265 e. The highest BCUT2D eigenvalue weighted by Gasteiger charge is 2.21. The summed E-state index contributed by atoms with van der Waals surface area (Å²) >= 11 is 8.17. The first-order valence-corrected chi connectivity index (χ1v) is 8.55. The molecule has 1 rings (SSSR count). The van der Waals surface area contributed by atoms with Gasteiger partial charge in [0.1, 0.15) is 4.88 Å². The average molecular weight is 399 g/mol. The summed E-state index contributed by atoms with van der Waals surface area (Å²) in [4.78, 5) is 15.0. The Morgan fingerprint density at radius 3 is 2.72 bits per heavy atom. The van der Waals surface area contributed by atoms with E-state index in [0.29, 0.717) is 19.8 Å². The Kier molecular flexibility index (Phi) is 7.44. The molecule has 0 fully saturated rings. The van der Waals surface area contributed by atoms with E-state index in [2.05, 4.69) is 31.9 Å². The number of nitrogens with zero attached hydrogens (tertiary/aromatic N) is 1. The molecule has 1 amide bonds. The second-order valence-corrected chi connectivity index (χ2v) is 6.55. The van der Waals surface area contributed by atoms with E-state index in [4.69, 9.17) is 4.74 Å². The SMILES string of the molecule is CC(C)N(CCOCCBr)C(=O)c1sccc1Br. The van der Waals surface area contributed by atoms with Crippen LogP contribution in [0.5, 0.6) is 0 Å². The molecule has 0 aromatic carbocycles. The number of thiophene rings is 1. The highest BCUT2D eigenvalue weighted by Crippen LogP contribution is 2.24. The van der Waals surface area contributed by atoms with E-state index in [1.54, 1.807) is 0 Å². The topological polar surface area (TPSA) is 29.5 Å². The number of hydrogen-bond acceptors (Lipinski definition) is 3. The van der Waals surface area contributed by atoms with Crippen molar-refractivity contribution in [3.63, 3.8) is 0 Å². The van der Waals surface area contributed by atoms with E-state index >= 15 is 0 Å². The molecule has 0 saturated carbocycles. The van der Waals surface area contributed by atoms with Gasteiger partial charge in [-0.1, -0.05) is 15.9 Å². The molecule has 0 aliphatic carbocycles. The van der Waals surface area contributed by atoms with E-state index in [9.17, 15) is 4.79 Å². The number of hydrogen-bond donors (Lipinski definition) is 0. The number of carbonyl (C=O) groups is 1. The third kappa shape index (κ3) is 4.64. The molecule has 0 unspecified atom stereocenters. The van der Waals surface area contributed by atoms with Crippen LogP contribution in [0.3, 0.4) is 0 Å². The first-order valence-electron chi connectivity index (χ1n) is 5.75. The monoisotopic (exact) mass is 397 g/mol. The number of ether oxygens (including phenoxy) is 1. The molecular weight excluding hydrogens is 382 g/mol. The molecule has 3 nitrogen and oxygen atoms in total. The molecule has 0 saturated heterocycles. The zero-order chi connectivity index (χ0) is 13.5. The molecular formula is C12H17Br2NO2S. The van der Waals surface area contributed by atoms with Crippen LogP contribution in [0, 0.1) is 0 Å². The zero-order valence-electron chi connectivity index (χ0n) is 10.5. The van der Waals surface area contributed by atoms with Crippen LogP contribution in [0.2, 0.25) is 0 Å². The van der Waals surface area contributed by atoms with Gasteiger partial charge in [0.2, 0.25) is 0 Å². The summed E-state index contributed by atoms with van der Waals surface area (Å²) in [5.74, 6) is 0.0642. The minimum Gasteiger partial charge on any atom is -0.379 e. The lowest BCUT2D eigenvalue weighted by Gasteiger charge is -2.26. The normalized spacial score (nSPS) is 10.9. The van der Waals surface area contributed by atoms with E-state index in [-0.39, 0.29) is 11.9 Å².